The molecule has 0 aliphatic carbocycles. The van der Waals surface area contributed by atoms with Gasteiger partial charge < -0.3 is 4.74 Å². The fraction of sp³-hybridized carbons (Fsp3) is 0.562. The first-order valence-corrected chi connectivity index (χ1v) is 6.28. The van der Waals surface area contributed by atoms with E-state index >= 15 is 0 Å². The van der Waals surface area contributed by atoms with Crippen molar-refractivity contribution in [1.82, 2.24) is 0 Å². The molecular weight excluding hydrogens is 222 g/mol. The Hall–Kier alpha value is -1.49. The first kappa shape index (κ1) is 14.6. The maximum absolute atomic E-state index is 9.16. The number of hydrogen-bond acceptors (Lipinski definition) is 2. The van der Waals surface area contributed by atoms with Crippen molar-refractivity contribution in [2.45, 2.75) is 46.5 Å². The zero-order valence-corrected chi connectivity index (χ0v) is 12.3. The maximum Gasteiger partial charge on any atom is 0.122 e. The van der Waals surface area contributed by atoms with Gasteiger partial charge in [-0.25, -0.2) is 0 Å². The van der Waals surface area contributed by atoms with Crippen LogP contribution < -0.4 is 4.74 Å². The molecular formula is C16H23NO. The van der Waals surface area contributed by atoms with Gasteiger partial charge in [0.15, 0.2) is 0 Å². The lowest BCUT2D eigenvalue weighted by Crippen LogP contribution is -2.15. The Kier molecular flexibility index (Phi) is 4.06. The summed E-state index contributed by atoms with van der Waals surface area (Å²) in [5, 5.41) is 9.16. The molecule has 0 saturated carbocycles. The van der Waals surface area contributed by atoms with Crippen LogP contribution in [0.25, 0.3) is 0 Å². The molecule has 0 unspecified atom stereocenters. The molecule has 98 valence electrons. The normalized spacial score (nSPS) is 12.1. The topological polar surface area (TPSA) is 33.0 Å². The number of hydrogen-bond donors (Lipinski definition) is 0. The van der Waals surface area contributed by atoms with Gasteiger partial charge in [-0.3, -0.25) is 0 Å². The van der Waals surface area contributed by atoms with Gasteiger partial charge >= 0.3 is 0 Å². The Balaban J connectivity index is 3.20. The number of nitrogens with zero attached hydrogens (tertiary/aromatic N) is 1. The number of rotatable bonds is 3. The van der Waals surface area contributed by atoms with Crippen molar-refractivity contribution in [3.63, 3.8) is 0 Å². The number of methoxy groups -OCH3 is 1. The lowest BCUT2D eigenvalue weighted by atomic mass is 9.82. The molecule has 2 heteroatoms. The van der Waals surface area contributed by atoms with Crippen LogP contribution in [0, 0.1) is 16.7 Å². The lowest BCUT2D eigenvalue weighted by molar-refractivity contribution is 0.398. The van der Waals surface area contributed by atoms with E-state index in [2.05, 4.69) is 39.0 Å². The summed E-state index contributed by atoms with van der Waals surface area (Å²) in [4.78, 5) is 0. The Labute approximate surface area is 111 Å². The van der Waals surface area contributed by atoms with Gasteiger partial charge in [0.05, 0.1) is 18.6 Å². The molecule has 0 aromatic heterocycles. The van der Waals surface area contributed by atoms with Crippen molar-refractivity contribution in [3.05, 3.63) is 29.3 Å². The van der Waals surface area contributed by atoms with E-state index in [-0.39, 0.29) is 10.8 Å². The molecule has 1 rings (SSSR count). The quantitative estimate of drug-likeness (QED) is 0.803. The van der Waals surface area contributed by atoms with Crippen LogP contribution in [0.4, 0.5) is 0 Å². The summed E-state index contributed by atoms with van der Waals surface area (Å²) in [6.45, 7) is 10.5. The molecule has 1 aromatic carbocycles. The minimum absolute atomic E-state index is 0.109. The fourth-order valence-corrected chi connectivity index (χ4v) is 1.90. The van der Waals surface area contributed by atoms with E-state index < -0.39 is 0 Å². The summed E-state index contributed by atoms with van der Waals surface area (Å²) in [5.41, 5.74) is 2.12. The summed E-state index contributed by atoms with van der Waals surface area (Å²) in [6, 6.07) is 8.61. The van der Waals surface area contributed by atoms with Gasteiger partial charge in [0, 0.05) is 0 Å². The second kappa shape index (κ2) is 5.02. The second-order valence-electron chi connectivity index (χ2n) is 6.45. The van der Waals surface area contributed by atoms with E-state index in [0.717, 1.165) is 11.3 Å². The SMILES string of the molecule is COc1ccc(C(C)(C)C)cc1CC(C)(C)C#N. The minimum Gasteiger partial charge on any atom is -0.496 e. The van der Waals surface area contributed by atoms with E-state index in [1.807, 2.05) is 19.9 Å². The van der Waals surface area contributed by atoms with Crippen molar-refractivity contribution in [3.8, 4) is 11.8 Å². The van der Waals surface area contributed by atoms with Gasteiger partial charge in [-0.2, -0.15) is 5.26 Å². The third kappa shape index (κ3) is 3.50. The van der Waals surface area contributed by atoms with E-state index in [0.29, 0.717) is 6.42 Å². The van der Waals surface area contributed by atoms with Gasteiger partial charge in [0.2, 0.25) is 0 Å². The van der Waals surface area contributed by atoms with Crippen molar-refractivity contribution in [1.29, 1.82) is 5.26 Å². The zero-order valence-electron chi connectivity index (χ0n) is 12.3. The van der Waals surface area contributed by atoms with Crippen LogP contribution in [-0.4, -0.2) is 7.11 Å². The molecule has 0 bridgehead atoms. The third-order valence-corrected chi connectivity index (χ3v) is 3.08. The highest BCUT2D eigenvalue weighted by Crippen LogP contribution is 2.32. The van der Waals surface area contributed by atoms with E-state index in [9.17, 15) is 0 Å². The molecule has 0 radical (unpaired) electrons. The number of nitriles is 1. The molecule has 0 amide bonds. The molecule has 0 N–H and O–H groups in total. The molecule has 0 saturated heterocycles. The van der Waals surface area contributed by atoms with Crippen LogP contribution >= 0.6 is 0 Å². The van der Waals surface area contributed by atoms with Gasteiger partial charge in [-0.05, 0) is 42.9 Å². The highest BCUT2D eigenvalue weighted by atomic mass is 16.5. The number of benzene rings is 1. The summed E-state index contributed by atoms with van der Waals surface area (Å²) in [6.07, 6.45) is 0.705. The maximum atomic E-state index is 9.16. The highest BCUT2D eigenvalue weighted by molar-refractivity contribution is 5.40. The van der Waals surface area contributed by atoms with Crippen molar-refractivity contribution in [2.24, 2.45) is 5.41 Å². The zero-order chi connectivity index (χ0) is 14.0. The predicted octanol–water partition coefficient (Wildman–Crippen LogP) is 4.08. The van der Waals surface area contributed by atoms with Gasteiger partial charge in [-0.1, -0.05) is 32.9 Å². The lowest BCUT2D eigenvalue weighted by Gasteiger charge is -2.23. The summed E-state index contributed by atoms with van der Waals surface area (Å²) < 4.78 is 5.39. The van der Waals surface area contributed by atoms with Crippen LogP contribution in [0.15, 0.2) is 18.2 Å². The van der Waals surface area contributed by atoms with E-state index in [4.69, 9.17) is 10.00 Å². The smallest absolute Gasteiger partial charge is 0.122 e. The van der Waals surface area contributed by atoms with Crippen LogP contribution in [0.3, 0.4) is 0 Å². The van der Waals surface area contributed by atoms with Crippen molar-refractivity contribution in [2.75, 3.05) is 7.11 Å². The summed E-state index contributed by atoms with van der Waals surface area (Å²) in [7, 11) is 1.68. The Morgan fingerprint density at radius 2 is 1.78 bits per heavy atom. The van der Waals surface area contributed by atoms with Crippen LogP contribution in [0.1, 0.15) is 45.7 Å². The van der Waals surface area contributed by atoms with E-state index in [1.165, 1.54) is 5.56 Å². The average molecular weight is 245 g/mol. The Morgan fingerprint density at radius 3 is 2.22 bits per heavy atom. The summed E-state index contributed by atoms with van der Waals surface area (Å²) >= 11 is 0. The monoisotopic (exact) mass is 245 g/mol. The fourth-order valence-electron chi connectivity index (χ4n) is 1.90. The predicted molar refractivity (Wildman–Crippen MR) is 74.8 cm³/mol. The molecule has 2 nitrogen and oxygen atoms in total. The first-order chi connectivity index (χ1) is 8.19. The molecule has 0 heterocycles. The standard InChI is InChI=1S/C16H23NO/c1-15(2,3)13-7-8-14(18-6)12(9-13)10-16(4,5)11-17/h7-9H,10H2,1-6H3. The number of ether oxygens (including phenoxy) is 1. The molecule has 18 heavy (non-hydrogen) atoms. The van der Waals surface area contributed by atoms with Crippen LogP contribution in [0.5, 0.6) is 5.75 Å². The molecule has 0 fully saturated rings. The highest BCUT2D eigenvalue weighted by Gasteiger charge is 2.22. The van der Waals surface area contributed by atoms with Crippen molar-refractivity contribution < 1.29 is 4.74 Å². The Morgan fingerprint density at radius 1 is 1.17 bits per heavy atom. The van der Waals surface area contributed by atoms with E-state index in [1.54, 1.807) is 7.11 Å². The largest absolute Gasteiger partial charge is 0.496 e. The summed E-state index contributed by atoms with van der Waals surface area (Å²) in [5.74, 6) is 0.867. The van der Waals surface area contributed by atoms with Crippen LogP contribution in [0.2, 0.25) is 0 Å². The third-order valence-electron chi connectivity index (χ3n) is 3.08. The molecule has 0 spiro atoms. The molecule has 1 aromatic rings. The van der Waals surface area contributed by atoms with Gasteiger partial charge in [-0.15, -0.1) is 0 Å². The molecule has 0 aliphatic heterocycles. The molecule has 0 aliphatic rings. The molecule has 0 atom stereocenters. The van der Waals surface area contributed by atoms with Crippen molar-refractivity contribution >= 4 is 0 Å². The van der Waals surface area contributed by atoms with Gasteiger partial charge in [0.25, 0.3) is 0 Å². The minimum atomic E-state index is -0.371. The average Bonchev–Trinajstić information content (AvgIpc) is 2.27. The first-order valence-electron chi connectivity index (χ1n) is 6.28. The van der Waals surface area contributed by atoms with Gasteiger partial charge in [0.1, 0.15) is 5.75 Å². The Bertz CT molecular complexity index is 461. The van der Waals surface area contributed by atoms with Crippen LogP contribution in [-0.2, 0) is 11.8 Å². The second-order valence-corrected chi connectivity index (χ2v) is 6.45.